The van der Waals surface area contributed by atoms with E-state index in [0.717, 1.165) is 11.3 Å². The van der Waals surface area contributed by atoms with Crippen molar-refractivity contribution < 1.29 is 19.4 Å². The van der Waals surface area contributed by atoms with Gasteiger partial charge in [-0.05, 0) is 25.5 Å². The summed E-state index contributed by atoms with van der Waals surface area (Å²) in [5, 5.41) is 16.3. The third-order valence-corrected chi connectivity index (χ3v) is 4.38. The van der Waals surface area contributed by atoms with Gasteiger partial charge in [0.25, 0.3) is 5.91 Å². The van der Waals surface area contributed by atoms with Gasteiger partial charge in [-0.3, -0.25) is 4.79 Å². The lowest BCUT2D eigenvalue weighted by atomic mass is 9.98. The van der Waals surface area contributed by atoms with Gasteiger partial charge >= 0.3 is 5.97 Å². The number of nitrogens with one attached hydrogen (secondary N) is 1. The Labute approximate surface area is 139 Å². The van der Waals surface area contributed by atoms with E-state index in [2.05, 4.69) is 10.4 Å². The number of carbonyl (C=O) groups excluding carboxylic acids is 1. The average Bonchev–Trinajstić information content (AvgIpc) is 3.16. The van der Waals surface area contributed by atoms with Gasteiger partial charge in [0.05, 0.1) is 29.7 Å². The van der Waals surface area contributed by atoms with Crippen LogP contribution in [0.2, 0.25) is 0 Å². The standard InChI is InChI=1S/C17H19N3O4/c1-11-5-3-4-6-14(11)20-12(2)13(9-18-20)15(21)19-17(16(22)23)7-8-24-10-17/h3-6,9H,7-8,10H2,1-2H3,(H,19,21)(H,22,23). The van der Waals surface area contributed by atoms with E-state index < -0.39 is 17.4 Å². The minimum absolute atomic E-state index is 0.0287. The topological polar surface area (TPSA) is 93.5 Å². The summed E-state index contributed by atoms with van der Waals surface area (Å²) in [6.45, 7) is 4.03. The van der Waals surface area contributed by atoms with Crippen molar-refractivity contribution in [1.29, 1.82) is 0 Å². The summed E-state index contributed by atoms with van der Waals surface area (Å²) in [6.07, 6.45) is 1.71. The van der Waals surface area contributed by atoms with E-state index in [9.17, 15) is 14.7 Å². The molecule has 0 bridgehead atoms. The number of carbonyl (C=O) groups is 2. The van der Waals surface area contributed by atoms with Crippen molar-refractivity contribution in [3.8, 4) is 5.69 Å². The zero-order valence-electron chi connectivity index (χ0n) is 13.6. The molecule has 7 heteroatoms. The van der Waals surface area contributed by atoms with Gasteiger partial charge in [-0.25, -0.2) is 9.48 Å². The van der Waals surface area contributed by atoms with Gasteiger partial charge in [-0.15, -0.1) is 0 Å². The Hall–Kier alpha value is -2.67. The molecule has 3 rings (SSSR count). The van der Waals surface area contributed by atoms with E-state index in [0.29, 0.717) is 17.9 Å². The Morgan fingerprint density at radius 2 is 2.08 bits per heavy atom. The van der Waals surface area contributed by atoms with Gasteiger partial charge in [-0.2, -0.15) is 5.10 Å². The molecular formula is C17H19N3O4. The van der Waals surface area contributed by atoms with Gasteiger partial charge in [-0.1, -0.05) is 18.2 Å². The molecule has 1 saturated heterocycles. The molecule has 1 amide bonds. The first-order chi connectivity index (χ1) is 11.4. The summed E-state index contributed by atoms with van der Waals surface area (Å²) < 4.78 is 6.85. The number of rotatable bonds is 4. The molecule has 1 fully saturated rings. The lowest BCUT2D eigenvalue weighted by Crippen LogP contribution is -2.55. The van der Waals surface area contributed by atoms with Crippen LogP contribution in [-0.4, -0.2) is 45.5 Å². The summed E-state index contributed by atoms with van der Waals surface area (Å²) in [6, 6.07) is 7.71. The van der Waals surface area contributed by atoms with E-state index in [1.54, 1.807) is 11.6 Å². The molecule has 1 aromatic heterocycles. The number of hydrogen-bond donors (Lipinski definition) is 2. The highest BCUT2D eigenvalue weighted by molar-refractivity contribution is 5.98. The lowest BCUT2D eigenvalue weighted by molar-refractivity contribution is -0.144. The van der Waals surface area contributed by atoms with E-state index >= 15 is 0 Å². The molecular weight excluding hydrogens is 310 g/mol. The van der Waals surface area contributed by atoms with Crippen LogP contribution in [0.25, 0.3) is 5.69 Å². The van der Waals surface area contributed by atoms with Crippen molar-refractivity contribution in [2.24, 2.45) is 0 Å². The second-order valence-corrected chi connectivity index (χ2v) is 5.99. The summed E-state index contributed by atoms with van der Waals surface area (Å²) in [4.78, 5) is 24.1. The maximum atomic E-state index is 12.6. The smallest absolute Gasteiger partial charge is 0.331 e. The molecule has 7 nitrogen and oxygen atoms in total. The summed E-state index contributed by atoms with van der Waals surface area (Å²) in [5.41, 5.74) is 1.55. The van der Waals surface area contributed by atoms with Crippen LogP contribution in [0.5, 0.6) is 0 Å². The van der Waals surface area contributed by atoms with Crippen molar-refractivity contribution in [2.45, 2.75) is 25.8 Å². The zero-order chi connectivity index (χ0) is 17.3. The Morgan fingerprint density at radius 1 is 1.33 bits per heavy atom. The molecule has 24 heavy (non-hydrogen) atoms. The summed E-state index contributed by atoms with van der Waals surface area (Å²) in [5.74, 6) is -1.54. The predicted molar refractivity (Wildman–Crippen MR) is 86.3 cm³/mol. The Bertz CT molecular complexity index is 791. The Kier molecular flexibility index (Phi) is 4.11. The molecule has 1 aliphatic heterocycles. The first-order valence-electron chi connectivity index (χ1n) is 7.69. The van der Waals surface area contributed by atoms with Gasteiger partial charge < -0.3 is 15.2 Å². The fraction of sp³-hybridized carbons (Fsp3) is 0.353. The molecule has 126 valence electrons. The molecule has 2 heterocycles. The Morgan fingerprint density at radius 3 is 2.71 bits per heavy atom. The minimum Gasteiger partial charge on any atom is -0.479 e. The lowest BCUT2D eigenvalue weighted by Gasteiger charge is -2.23. The van der Waals surface area contributed by atoms with Gasteiger partial charge in [0, 0.05) is 13.0 Å². The second kappa shape index (κ2) is 6.09. The first-order valence-corrected chi connectivity index (χ1v) is 7.69. The van der Waals surface area contributed by atoms with Crippen LogP contribution >= 0.6 is 0 Å². The number of aliphatic carboxylic acids is 1. The number of para-hydroxylation sites is 1. The van der Waals surface area contributed by atoms with Crippen molar-refractivity contribution in [3.05, 3.63) is 47.3 Å². The molecule has 1 atom stereocenters. The fourth-order valence-electron chi connectivity index (χ4n) is 2.85. The number of carboxylic acid groups (broad SMARTS) is 1. The number of carboxylic acids is 1. The number of benzene rings is 1. The first kappa shape index (κ1) is 16.2. The number of amides is 1. The van der Waals surface area contributed by atoms with E-state index in [1.807, 2.05) is 31.2 Å². The second-order valence-electron chi connectivity index (χ2n) is 5.99. The van der Waals surface area contributed by atoms with Crippen molar-refractivity contribution in [2.75, 3.05) is 13.2 Å². The third kappa shape index (κ3) is 2.67. The number of nitrogens with zero attached hydrogens (tertiary/aromatic N) is 2. The van der Waals surface area contributed by atoms with Crippen LogP contribution in [0.4, 0.5) is 0 Å². The molecule has 0 radical (unpaired) electrons. The quantitative estimate of drug-likeness (QED) is 0.886. The van der Waals surface area contributed by atoms with Crippen LogP contribution in [0, 0.1) is 13.8 Å². The van der Waals surface area contributed by atoms with E-state index in [1.165, 1.54) is 6.20 Å². The van der Waals surface area contributed by atoms with Crippen LogP contribution in [0.1, 0.15) is 28.0 Å². The molecule has 0 aliphatic carbocycles. The van der Waals surface area contributed by atoms with Crippen molar-refractivity contribution in [1.82, 2.24) is 15.1 Å². The number of hydrogen-bond acceptors (Lipinski definition) is 4. The van der Waals surface area contributed by atoms with E-state index in [4.69, 9.17) is 4.74 Å². The van der Waals surface area contributed by atoms with Crippen molar-refractivity contribution >= 4 is 11.9 Å². The van der Waals surface area contributed by atoms with Crippen molar-refractivity contribution in [3.63, 3.8) is 0 Å². The van der Waals surface area contributed by atoms with Gasteiger partial charge in [0.15, 0.2) is 5.54 Å². The normalized spacial score (nSPS) is 20.1. The molecule has 1 aromatic carbocycles. The zero-order valence-corrected chi connectivity index (χ0v) is 13.6. The van der Waals surface area contributed by atoms with Crippen LogP contribution in [0.15, 0.2) is 30.5 Å². The third-order valence-electron chi connectivity index (χ3n) is 4.38. The van der Waals surface area contributed by atoms with Gasteiger partial charge in [0.2, 0.25) is 0 Å². The van der Waals surface area contributed by atoms with Crippen LogP contribution < -0.4 is 5.32 Å². The fourth-order valence-corrected chi connectivity index (χ4v) is 2.85. The number of ether oxygens (including phenoxy) is 1. The molecule has 2 aromatic rings. The highest BCUT2D eigenvalue weighted by Crippen LogP contribution is 2.22. The SMILES string of the molecule is Cc1ccccc1-n1ncc(C(=O)NC2(C(=O)O)CCOC2)c1C. The molecule has 0 spiro atoms. The van der Waals surface area contributed by atoms with Crippen LogP contribution in [-0.2, 0) is 9.53 Å². The number of aryl methyl sites for hydroxylation is 1. The Balaban J connectivity index is 1.90. The number of aromatic nitrogens is 2. The average molecular weight is 329 g/mol. The summed E-state index contributed by atoms with van der Waals surface area (Å²) in [7, 11) is 0. The monoisotopic (exact) mass is 329 g/mol. The maximum absolute atomic E-state index is 12.6. The van der Waals surface area contributed by atoms with Gasteiger partial charge in [0.1, 0.15) is 0 Å². The van der Waals surface area contributed by atoms with E-state index in [-0.39, 0.29) is 13.0 Å². The predicted octanol–water partition coefficient (Wildman–Crippen LogP) is 1.46. The van der Waals surface area contributed by atoms with Crippen LogP contribution in [0.3, 0.4) is 0 Å². The highest BCUT2D eigenvalue weighted by Gasteiger charge is 2.44. The highest BCUT2D eigenvalue weighted by atomic mass is 16.5. The molecule has 1 unspecified atom stereocenters. The molecule has 2 N–H and O–H groups in total. The largest absolute Gasteiger partial charge is 0.479 e. The molecule has 1 aliphatic rings. The minimum atomic E-state index is -1.37. The molecule has 0 saturated carbocycles. The summed E-state index contributed by atoms with van der Waals surface area (Å²) >= 11 is 0. The maximum Gasteiger partial charge on any atom is 0.331 e.